The molecular formula is C94H93N27O9. The number of aryl methyl sites for hydroxylation is 1. The molecule has 0 radical (unpaired) electrons. The summed E-state index contributed by atoms with van der Waals surface area (Å²) in [7, 11) is 0. The minimum absolute atomic E-state index is 0.00102. The minimum atomic E-state index is -0.226. The molecule has 0 amide bonds. The Kier molecular flexibility index (Phi) is 28.2. The number of ketones is 1. The fourth-order valence-electron chi connectivity index (χ4n) is 15.4. The molecule has 130 heavy (non-hydrogen) atoms. The molecule has 2 fully saturated rings. The number of para-hydroxylation sites is 1. The van der Waals surface area contributed by atoms with E-state index in [0.29, 0.717) is 189 Å². The van der Waals surface area contributed by atoms with E-state index in [1.807, 2.05) is 146 Å². The second-order valence-corrected chi connectivity index (χ2v) is 31.0. The van der Waals surface area contributed by atoms with Gasteiger partial charge in [0.05, 0.1) is 73.8 Å². The highest BCUT2D eigenvalue weighted by atomic mass is 16.5. The number of H-pyrrole nitrogens is 5. The van der Waals surface area contributed by atoms with Gasteiger partial charge in [-0.3, -0.25) is 68.5 Å². The summed E-state index contributed by atoms with van der Waals surface area (Å²) < 4.78 is 26.7. The van der Waals surface area contributed by atoms with Crippen LogP contribution in [-0.4, -0.2) is 162 Å². The third-order valence-electron chi connectivity index (χ3n) is 22.0. The first-order valence-electron chi connectivity index (χ1n) is 42.4. The molecule has 18 rings (SSSR count). The van der Waals surface area contributed by atoms with Crippen molar-refractivity contribution >= 4 is 39.7 Å². The van der Waals surface area contributed by atoms with E-state index in [9.17, 15) is 55.1 Å². The Labute approximate surface area is 743 Å². The van der Waals surface area contributed by atoms with Crippen molar-refractivity contribution in [2.24, 2.45) is 5.73 Å². The first-order chi connectivity index (χ1) is 63.2. The average molecular weight is 1740 g/mol. The van der Waals surface area contributed by atoms with Crippen LogP contribution < -0.4 is 43.2 Å². The summed E-state index contributed by atoms with van der Waals surface area (Å²) in [4.78, 5) is 103. The van der Waals surface area contributed by atoms with Gasteiger partial charge in [-0.05, 0) is 97.7 Å². The molecule has 2 saturated heterocycles. The molecule has 7 N–H and O–H groups in total. The van der Waals surface area contributed by atoms with E-state index in [1.54, 1.807) is 28.0 Å². The smallest absolute Gasteiger partial charge is 0.276 e. The van der Waals surface area contributed by atoms with Crippen molar-refractivity contribution in [1.82, 2.24) is 97.5 Å². The molecule has 0 aliphatic carbocycles. The highest BCUT2D eigenvalue weighted by molar-refractivity contribution is 5.89. The van der Waals surface area contributed by atoms with E-state index in [2.05, 4.69) is 119 Å². The number of hydrogen-bond acceptors (Lipinski definition) is 24. The lowest BCUT2D eigenvalue weighted by atomic mass is 10.00. The Morgan fingerprint density at radius 2 is 0.862 bits per heavy atom. The maximum atomic E-state index is 12.9. The Bertz CT molecular complexity index is 7400. The maximum Gasteiger partial charge on any atom is 0.276 e. The second kappa shape index (κ2) is 40.8. The number of aromatic amines is 5. The standard InChI is InChI=1S/C21H16N4O2.C20H21N5O2.C19H20N6O2.C19H19N5O2.C15H17N7O/c1-2-18-19(24-20-15(12-22)13-23-25(20)21(18)26)14-8-10-17(11-9-14)27-16-6-4-3-5-7-16;1-2-17-18(23-19-16(11-21)12-22-25(19)20(17)26)15-5-3-14(4-6-15)13-24-7-9-27-10-8-24;1-4-15(26)6-5-7-24-11-14(10-21-24)17-16(12(2)3)19(27)25-18(23-17)13(8-20)9-22-25;1-2-16-17(22-18-14(11-20)12-21-24(18)19(16)25)13-4-3-5-15(10-13)23-6-8-26-9-7-23;1-9(2)12-13(11-7-18-21(8-11)4-3-16)20-14-10(5-17)6-19-22(14)15(12)23/h3-11,13,23H,2H2,1H3;3-6,12,22H,2,7-10,13H2,1H3;4,9-12,22H,1,5-7H2,2-3H3;3-5,10,12,21H,2,6-9H2,1H3;6-9,19H,3-4,16H2,1-2H3. The molecule has 4 aromatic carbocycles. The summed E-state index contributed by atoms with van der Waals surface area (Å²) in [5.74, 6) is 1.37. The number of anilines is 1. The van der Waals surface area contributed by atoms with Gasteiger partial charge < -0.3 is 24.8 Å². The van der Waals surface area contributed by atoms with Crippen LogP contribution in [0.5, 0.6) is 11.5 Å². The molecule has 0 bridgehead atoms. The zero-order valence-electron chi connectivity index (χ0n) is 72.6. The van der Waals surface area contributed by atoms with Crippen molar-refractivity contribution in [3.05, 3.63) is 285 Å². The summed E-state index contributed by atoms with van der Waals surface area (Å²) in [5.41, 5.74) is 20.3. The lowest BCUT2D eigenvalue weighted by Gasteiger charge is -2.29. The van der Waals surface area contributed by atoms with Crippen LogP contribution >= 0.6 is 0 Å². The molecule has 2 aliphatic heterocycles. The van der Waals surface area contributed by atoms with Crippen LogP contribution in [0.15, 0.2) is 196 Å². The molecule has 0 saturated carbocycles. The largest absolute Gasteiger partial charge is 0.457 e. The summed E-state index contributed by atoms with van der Waals surface area (Å²) in [5, 5.41) is 68.8. The van der Waals surface area contributed by atoms with Crippen molar-refractivity contribution in [2.45, 2.75) is 112 Å². The van der Waals surface area contributed by atoms with Gasteiger partial charge in [-0.2, -0.15) is 36.5 Å². The van der Waals surface area contributed by atoms with Crippen molar-refractivity contribution in [3.8, 4) is 98.1 Å². The Morgan fingerprint density at radius 1 is 0.477 bits per heavy atom. The van der Waals surface area contributed by atoms with Gasteiger partial charge in [0.15, 0.2) is 34.0 Å². The third kappa shape index (κ3) is 19.1. The van der Waals surface area contributed by atoms with Gasteiger partial charge in [-0.15, -0.1) is 0 Å². The quantitative estimate of drug-likeness (QED) is 0.0343. The Hall–Kier alpha value is -16.3. The van der Waals surface area contributed by atoms with Gasteiger partial charge in [-0.1, -0.05) is 110 Å². The number of morpholine rings is 2. The van der Waals surface area contributed by atoms with E-state index in [4.69, 9.17) is 19.9 Å². The zero-order valence-corrected chi connectivity index (χ0v) is 72.6. The van der Waals surface area contributed by atoms with Gasteiger partial charge in [0.1, 0.15) is 69.7 Å². The predicted octanol–water partition coefficient (Wildman–Crippen LogP) is 11.1. The highest BCUT2D eigenvalue weighted by Crippen LogP contribution is 2.33. The van der Waals surface area contributed by atoms with Crippen molar-refractivity contribution in [1.29, 1.82) is 26.3 Å². The van der Waals surface area contributed by atoms with Crippen LogP contribution in [0.2, 0.25) is 0 Å². The molecule has 36 nitrogen and oxygen atoms in total. The van der Waals surface area contributed by atoms with E-state index in [1.165, 1.54) is 65.2 Å². The number of aromatic nitrogens is 19. The zero-order chi connectivity index (χ0) is 91.8. The summed E-state index contributed by atoms with van der Waals surface area (Å²) >= 11 is 0. The number of nitrogens with one attached hydrogen (secondary N) is 5. The number of nitrogens with zero attached hydrogens (tertiary/aromatic N) is 21. The minimum Gasteiger partial charge on any atom is -0.457 e. The molecule has 658 valence electrons. The van der Waals surface area contributed by atoms with Crippen LogP contribution in [0.4, 0.5) is 5.69 Å². The topological polar surface area (TPSA) is 483 Å². The summed E-state index contributed by atoms with van der Waals surface area (Å²) in [6.07, 6.45) is 18.4. The number of rotatable bonds is 22. The fraction of sp³-hybridized carbons (Fsp3) is 0.277. The van der Waals surface area contributed by atoms with Crippen LogP contribution in [0.1, 0.15) is 134 Å². The van der Waals surface area contributed by atoms with Crippen molar-refractivity contribution in [3.63, 3.8) is 0 Å². The molecule has 16 aromatic rings. The van der Waals surface area contributed by atoms with Crippen molar-refractivity contribution in [2.75, 3.05) is 64.1 Å². The number of fused-ring (bicyclic) bond motifs is 5. The molecule has 2 aliphatic rings. The third-order valence-corrected chi connectivity index (χ3v) is 22.0. The van der Waals surface area contributed by atoms with E-state index in [0.717, 1.165) is 79.6 Å². The number of nitriles is 5. The van der Waals surface area contributed by atoms with Gasteiger partial charge in [0.25, 0.3) is 27.8 Å². The van der Waals surface area contributed by atoms with Crippen molar-refractivity contribution < 1.29 is 19.0 Å². The number of benzene rings is 4. The van der Waals surface area contributed by atoms with Gasteiger partial charge >= 0.3 is 0 Å². The number of hydrogen-bond donors (Lipinski definition) is 6. The molecule has 0 unspecified atom stereocenters. The van der Waals surface area contributed by atoms with Crippen LogP contribution in [-0.2, 0) is 53.2 Å². The predicted molar refractivity (Wildman–Crippen MR) is 487 cm³/mol. The normalized spacial score (nSPS) is 12.5. The van der Waals surface area contributed by atoms with Gasteiger partial charge in [0, 0.05) is 157 Å². The first-order valence-corrected chi connectivity index (χ1v) is 42.4. The second-order valence-electron chi connectivity index (χ2n) is 31.0. The Balaban J connectivity index is 0.000000131. The molecule has 0 atom stereocenters. The fourth-order valence-corrected chi connectivity index (χ4v) is 15.4. The molecule has 0 spiro atoms. The lowest BCUT2D eigenvalue weighted by molar-refractivity contribution is -0.114. The molecular weight excluding hydrogens is 1650 g/mol. The average Bonchev–Trinajstić information content (AvgIpc) is 1.57. The van der Waals surface area contributed by atoms with Gasteiger partial charge in [-0.25, -0.2) is 47.5 Å². The molecule has 12 aromatic heterocycles. The number of allylic oxidation sites excluding steroid dienone is 1. The number of ether oxygens (including phenoxy) is 3. The van der Waals surface area contributed by atoms with E-state index >= 15 is 0 Å². The summed E-state index contributed by atoms with van der Waals surface area (Å²) in [6.45, 7) is 26.1. The summed E-state index contributed by atoms with van der Waals surface area (Å²) in [6, 6.07) is 43.5. The first kappa shape index (κ1) is 90.0. The monoisotopic (exact) mass is 1740 g/mol. The molecule has 36 heteroatoms. The maximum absolute atomic E-state index is 12.9. The van der Waals surface area contributed by atoms with Crippen LogP contribution in [0.25, 0.3) is 84.5 Å². The number of nitrogens with two attached hydrogens (primary N) is 1. The van der Waals surface area contributed by atoms with Crippen LogP contribution in [0.3, 0.4) is 0 Å². The SMILES string of the molecule is C=CC(=O)CCCn1cc(-c2nc3c(C#N)c[nH]n3c(=O)c2C(C)C)cn1.CC(C)c1c(-c2cnn(CCN)c2)nc2c(C#N)c[nH]n2c1=O.CCc1c(-c2ccc(CN3CCOCC3)cc2)nc2c(C#N)c[nH]n2c1=O.CCc1c(-c2ccc(Oc3ccccc3)cc2)nc2c(C#N)c[nH]n2c1=O.CCc1c(-c2cccc(N3CCOCC3)c2)nc2c(C#N)c[nH]n2c1=O. The molecule has 14 heterocycles. The highest BCUT2D eigenvalue weighted by Gasteiger charge is 2.26. The lowest BCUT2D eigenvalue weighted by Crippen LogP contribution is -2.36. The number of carbonyl (C=O) groups is 1. The van der Waals surface area contributed by atoms with E-state index in [-0.39, 0.29) is 45.4 Å². The van der Waals surface area contributed by atoms with Crippen LogP contribution in [0, 0.1) is 56.7 Å². The van der Waals surface area contributed by atoms with E-state index < -0.39 is 0 Å². The number of carbonyl (C=O) groups excluding carboxylic acids is 1. The Morgan fingerprint density at radius 3 is 1.26 bits per heavy atom. The van der Waals surface area contributed by atoms with Gasteiger partial charge in [0.2, 0.25) is 0 Å².